The van der Waals surface area contributed by atoms with E-state index in [0.717, 1.165) is 29.3 Å². The average molecular weight is 360 g/mol. The van der Waals surface area contributed by atoms with Gasteiger partial charge in [-0.3, -0.25) is 0 Å². The van der Waals surface area contributed by atoms with Crippen LogP contribution in [0.2, 0.25) is 5.02 Å². The van der Waals surface area contributed by atoms with E-state index in [0.29, 0.717) is 12.0 Å². The second-order valence-electron chi connectivity index (χ2n) is 8.53. The van der Waals surface area contributed by atoms with Crippen molar-refractivity contribution in [3.63, 3.8) is 0 Å². The van der Waals surface area contributed by atoms with E-state index in [9.17, 15) is 0 Å². The van der Waals surface area contributed by atoms with Crippen LogP contribution in [-0.2, 0) is 13.2 Å². The minimum Gasteiger partial charge on any atom is -0.489 e. The predicted molar refractivity (Wildman–Crippen MR) is 107 cm³/mol. The Morgan fingerprint density at radius 2 is 1.40 bits per heavy atom. The monoisotopic (exact) mass is 359 g/mol. The highest BCUT2D eigenvalue weighted by atomic mass is 35.5. The molecule has 0 amide bonds. The topological polar surface area (TPSA) is 21.3 Å². The van der Waals surface area contributed by atoms with Crippen LogP contribution in [0.1, 0.15) is 52.2 Å². The summed E-state index contributed by atoms with van der Waals surface area (Å²) >= 11 is 5.90. The molecule has 2 aromatic rings. The van der Waals surface area contributed by atoms with Crippen molar-refractivity contribution in [3.05, 3.63) is 64.7 Å². The molecule has 0 atom stereocenters. The number of nitrogens with one attached hydrogen (secondary N) is 1. The molecule has 0 fully saturated rings. The van der Waals surface area contributed by atoms with Gasteiger partial charge in [0.25, 0.3) is 0 Å². The molecule has 0 aromatic heterocycles. The molecule has 136 valence electrons. The third-order valence-electron chi connectivity index (χ3n) is 3.99. The number of ether oxygens (including phenoxy) is 1. The van der Waals surface area contributed by atoms with E-state index in [1.165, 1.54) is 5.56 Å². The second-order valence-corrected chi connectivity index (χ2v) is 8.97. The zero-order chi connectivity index (χ0) is 18.5. The summed E-state index contributed by atoms with van der Waals surface area (Å²) in [6, 6.07) is 16.0. The van der Waals surface area contributed by atoms with E-state index in [-0.39, 0.29) is 5.54 Å². The zero-order valence-corrected chi connectivity index (χ0v) is 16.8. The van der Waals surface area contributed by atoms with Crippen molar-refractivity contribution in [2.24, 2.45) is 5.41 Å². The second kappa shape index (κ2) is 8.25. The lowest BCUT2D eigenvalue weighted by molar-refractivity contribution is 0.240. The van der Waals surface area contributed by atoms with Gasteiger partial charge in [0.05, 0.1) is 0 Å². The standard InChI is InChI=1S/C22H30ClNO/c1-21(2,3)16-22(4,5)24-14-17-8-12-20(13-9-17)25-15-18-6-10-19(23)11-7-18/h6-13,24H,14-16H2,1-5H3. The largest absolute Gasteiger partial charge is 0.489 e. The SMILES string of the molecule is CC(C)(C)CC(C)(C)NCc1ccc(OCc2ccc(Cl)cc2)cc1. The van der Waals surface area contributed by atoms with Gasteiger partial charge in [-0.25, -0.2) is 0 Å². The van der Waals surface area contributed by atoms with Crippen molar-refractivity contribution < 1.29 is 4.74 Å². The molecule has 0 heterocycles. The van der Waals surface area contributed by atoms with Crippen molar-refractivity contribution in [2.75, 3.05) is 0 Å². The molecule has 0 unspecified atom stereocenters. The Morgan fingerprint density at radius 1 is 0.840 bits per heavy atom. The van der Waals surface area contributed by atoms with Crippen molar-refractivity contribution in [3.8, 4) is 5.75 Å². The molecule has 2 nitrogen and oxygen atoms in total. The highest BCUT2D eigenvalue weighted by molar-refractivity contribution is 6.30. The highest BCUT2D eigenvalue weighted by Crippen LogP contribution is 2.27. The fourth-order valence-electron chi connectivity index (χ4n) is 3.18. The first-order valence-electron chi connectivity index (χ1n) is 8.84. The van der Waals surface area contributed by atoms with Crippen LogP contribution in [0.15, 0.2) is 48.5 Å². The van der Waals surface area contributed by atoms with Gasteiger partial charge in [0.15, 0.2) is 0 Å². The molecule has 1 N–H and O–H groups in total. The van der Waals surface area contributed by atoms with Gasteiger partial charge in [0, 0.05) is 17.1 Å². The molecule has 0 aliphatic heterocycles. The average Bonchev–Trinajstić information content (AvgIpc) is 2.51. The minimum atomic E-state index is 0.113. The van der Waals surface area contributed by atoms with Crippen LogP contribution in [0.5, 0.6) is 5.75 Å². The van der Waals surface area contributed by atoms with Crippen LogP contribution in [0, 0.1) is 5.41 Å². The maximum Gasteiger partial charge on any atom is 0.119 e. The maximum atomic E-state index is 5.90. The lowest BCUT2D eigenvalue weighted by atomic mass is 9.82. The Labute approximate surface area is 157 Å². The summed E-state index contributed by atoms with van der Waals surface area (Å²) in [5, 5.41) is 4.41. The fraction of sp³-hybridized carbons (Fsp3) is 0.455. The van der Waals surface area contributed by atoms with E-state index in [1.807, 2.05) is 36.4 Å². The fourth-order valence-corrected chi connectivity index (χ4v) is 3.31. The molecule has 0 aliphatic carbocycles. The Hall–Kier alpha value is -1.51. The summed E-state index contributed by atoms with van der Waals surface area (Å²) in [6.07, 6.45) is 1.13. The molecular formula is C22H30ClNO. The summed E-state index contributed by atoms with van der Waals surface area (Å²) in [5.41, 5.74) is 2.80. The van der Waals surface area contributed by atoms with Crippen molar-refractivity contribution in [1.29, 1.82) is 0 Å². The zero-order valence-electron chi connectivity index (χ0n) is 16.0. The summed E-state index contributed by atoms with van der Waals surface area (Å²) in [6.45, 7) is 12.8. The number of hydrogen-bond acceptors (Lipinski definition) is 2. The van der Waals surface area contributed by atoms with Gasteiger partial charge >= 0.3 is 0 Å². The molecule has 2 aromatic carbocycles. The highest BCUT2D eigenvalue weighted by Gasteiger charge is 2.24. The summed E-state index contributed by atoms with van der Waals surface area (Å²) < 4.78 is 5.83. The third kappa shape index (κ3) is 7.50. The minimum absolute atomic E-state index is 0.113. The van der Waals surface area contributed by atoms with Gasteiger partial charge in [0.1, 0.15) is 12.4 Å². The number of hydrogen-bond donors (Lipinski definition) is 1. The number of benzene rings is 2. The molecule has 0 bridgehead atoms. The lowest BCUT2D eigenvalue weighted by Crippen LogP contribution is -2.41. The smallest absolute Gasteiger partial charge is 0.119 e. The molecule has 0 radical (unpaired) electrons. The molecule has 0 aliphatic rings. The van der Waals surface area contributed by atoms with Gasteiger partial charge in [-0.05, 0) is 61.1 Å². The summed E-state index contributed by atoms with van der Waals surface area (Å²) in [4.78, 5) is 0. The van der Waals surface area contributed by atoms with Crippen molar-refractivity contribution >= 4 is 11.6 Å². The molecule has 25 heavy (non-hydrogen) atoms. The van der Waals surface area contributed by atoms with Crippen LogP contribution in [0.4, 0.5) is 0 Å². The van der Waals surface area contributed by atoms with Crippen LogP contribution >= 0.6 is 11.6 Å². The number of rotatable bonds is 7. The Balaban J connectivity index is 1.84. The van der Waals surface area contributed by atoms with E-state index in [2.05, 4.69) is 52.1 Å². The van der Waals surface area contributed by atoms with E-state index in [1.54, 1.807) is 0 Å². The Morgan fingerprint density at radius 3 is 1.96 bits per heavy atom. The van der Waals surface area contributed by atoms with Crippen LogP contribution in [0.25, 0.3) is 0 Å². The summed E-state index contributed by atoms with van der Waals surface area (Å²) in [7, 11) is 0. The molecule has 0 spiro atoms. The van der Waals surface area contributed by atoms with Crippen molar-refractivity contribution in [1.82, 2.24) is 5.32 Å². The first-order valence-corrected chi connectivity index (χ1v) is 9.22. The predicted octanol–water partition coefficient (Wildman–Crippen LogP) is 6.22. The maximum absolute atomic E-state index is 5.90. The van der Waals surface area contributed by atoms with Gasteiger partial charge < -0.3 is 10.1 Å². The first kappa shape index (κ1) is 19.8. The molecule has 0 saturated heterocycles. The molecule has 3 heteroatoms. The molecular weight excluding hydrogens is 330 g/mol. The normalized spacial score (nSPS) is 12.2. The lowest BCUT2D eigenvalue weighted by Gasteiger charge is -2.33. The quantitative estimate of drug-likeness (QED) is 0.633. The van der Waals surface area contributed by atoms with E-state index < -0.39 is 0 Å². The van der Waals surface area contributed by atoms with Crippen molar-refractivity contribution in [2.45, 2.75) is 59.7 Å². The van der Waals surface area contributed by atoms with E-state index >= 15 is 0 Å². The van der Waals surface area contributed by atoms with Gasteiger partial charge in [0.2, 0.25) is 0 Å². The Kier molecular flexibility index (Phi) is 6.53. The van der Waals surface area contributed by atoms with Crippen LogP contribution in [0.3, 0.4) is 0 Å². The van der Waals surface area contributed by atoms with Gasteiger partial charge in [-0.15, -0.1) is 0 Å². The van der Waals surface area contributed by atoms with Gasteiger partial charge in [-0.1, -0.05) is 56.6 Å². The summed E-state index contributed by atoms with van der Waals surface area (Å²) in [5.74, 6) is 0.882. The van der Waals surface area contributed by atoms with Crippen LogP contribution in [-0.4, -0.2) is 5.54 Å². The first-order chi connectivity index (χ1) is 11.6. The molecule has 0 saturated carbocycles. The van der Waals surface area contributed by atoms with Crippen LogP contribution < -0.4 is 10.1 Å². The molecule has 2 rings (SSSR count). The number of halogens is 1. The van der Waals surface area contributed by atoms with E-state index in [4.69, 9.17) is 16.3 Å². The Bertz CT molecular complexity index is 654. The third-order valence-corrected chi connectivity index (χ3v) is 4.24. The van der Waals surface area contributed by atoms with Gasteiger partial charge in [-0.2, -0.15) is 0 Å².